The molecule has 0 fully saturated rings. The molecule has 0 amide bonds. The van der Waals surface area contributed by atoms with Gasteiger partial charge < -0.3 is 4.74 Å². The Bertz CT molecular complexity index is 747. The number of nitrogens with zero attached hydrogens (tertiary/aromatic N) is 1. The molecule has 1 aromatic rings. The van der Waals surface area contributed by atoms with Gasteiger partial charge in [0.1, 0.15) is 12.4 Å². The normalized spacial score (nSPS) is 14.5. The molecule has 3 N–H and O–H groups in total. The summed E-state index contributed by atoms with van der Waals surface area (Å²) < 4.78 is 5.63. The number of halogens is 2. The number of Topliss-reactive ketones (excluding diaryl/α,β-unsaturated/α-hetero) is 2. The molecule has 0 saturated heterocycles. The van der Waals surface area contributed by atoms with Crippen LogP contribution in [0.1, 0.15) is 35.2 Å². The number of ketones is 2. The largest absolute Gasteiger partial charge is 0.490 e. The first-order valence-electron chi connectivity index (χ1n) is 7.77. The Morgan fingerprint density at radius 3 is 2.76 bits per heavy atom. The summed E-state index contributed by atoms with van der Waals surface area (Å²) in [7, 11) is 0. The van der Waals surface area contributed by atoms with Crippen molar-refractivity contribution in [2.45, 2.75) is 26.2 Å². The molecule has 2 rings (SSSR count). The van der Waals surface area contributed by atoms with Gasteiger partial charge in [0.15, 0.2) is 11.6 Å². The summed E-state index contributed by atoms with van der Waals surface area (Å²) in [6.07, 6.45) is 2.48. The molecule has 134 valence electrons. The zero-order valence-electron chi connectivity index (χ0n) is 13.8. The first kappa shape index (κ1) is 19.4. The van der Waals surface area contributed by atoms with Crippen molar-refractivity contribution < 1.29 is 14.3 Å². The Hall–Kier alpha value is -1.89. The number of nitrogens with one attached hydrogen (secondary N) is 1. The fraction of sp³-hybridized carbons (Fsp3) is 0.353. The molecule has 0 spiro atoms. The van der Waals surface area contributed by atoms with Crippen LogP contribution in [-0.2, 0) is 4.79 Å². The maximum Gasteiger partial charge on any atom is 0.198 e. The smallest absolute Gasteiger partial charge is 0.198 e. The first-order valence-corrected chi connectivity index (χ1v) is 8.52. The van der Waals surface area contributed by atoms with Crippen LogP contribution in [0.3, 0.4) is 0 Å². The molecule has 0 saturated carbocycles. The molecule has 25 heavy (non-hydrogen) atoms. The van der Waals surface area contributed by atoms with E-state index < -0.39 is 5.78 Å². The fourth-order valence-electron chi connectivity index (χ4n) is 2.59. The SMILES string of the molecule is Cc1c(C(=O)C2=C(Cl)CCCC2=O)ccc(Cl)c1OCCN(N)C=N. The highest BCUT2D eigenvalue weighted by molar-refractivity contribution is 6.39. The third-order valence-corrected chi connectivity index (χ3v) is 4.62. The molecule has 6 nitrogen and oxygen atoms in total. The summed E-state index contributed by atoms with van der Waals surface area (Å²) >= 11 is 12.3. The molecule has 1 aliphatic carbocycles. The summed E-state index contributed by atoms with van der Waals surface area (Å²) in [5, 5.41) is 8.83. The number of hydrogen-bond donors (Lipinski definition) is 2. The Balaban J connectivity index is 2.30. The molecule has 0 heterocycles. The summed E-state index contributed by atoms with van der Waals surface area (Å²) in [5.74, 6) is 5.19. The Morgan fingerprint density at radius 2 is 2.12 bits per heavy atom. The molecule has 8 heteroatoms. The Kier molecular flexibility index (Phi) is 6.58. The predicted molar refractivity (Wildman–Crippen MR) is 97.4 cm³/mol. The van der Waals surface area contributed by atoms with Gasteiger partial charge in [-0.05, 0) is 31.9 Å². The van der Waals surface area contributed by atoms with Crippen molar-refractivity contribution in [3.8, 4) is 5.75 Å². The van der Waals surface area contributed by atoms with Crippen LogP contribution < -0.4 is 10.6 Å². The van der Waals surface area contributed by atoms with Gasteiger partial charge in [0.25, 0.3) is 0 Å². The number of carbonyl (C=O) groups excluding carboxylic acids is 2. The van der Waals surface area contributed by atoms with Crippen molar-refractivity contribution in [3.05, 3.63) is 38.9 Å². The Morgan fingerprint density at radius 1 is 1.40 bits per heavy atom. The summed E-state index contributed by atoms with van der Waals surface area (Å²) in [6.45, 7) is 2.17. The highest BCUT2D eigenvalue weighted by atomic mass is 35.5. The number of hydrogen-bond acceptors (Lipinski definition) is 5. The van der Waals surface area contributed by atoms with E-state index >= 15 is 0 Å². The zero-order chi connectivity index (χ0) is 18.6. The molecule has 0 radical (unpaired) electrons. The van der Waals surface area contributed by atoms with Gasteiger partial charge in [0.05, 0.1) is 23.5 Å². The van der Waals surface area contributed by atoms with E-state index in [1.165, 1.54) is 0 Å². The van der Waals surface area contributed by atoms with E-state index in [-0.39, 0.29) is 24.5 Å². The minimum absolute atomic E-state index is 0.0567. The lowest BCUT2D eigenvalue weighted by Gasteiger charge is -2.18. The third-order valence-electron chi connectivity index (χ3n) is 3.94. The minimum Gasteiger partial charge on any atom is -0.490 e. The van der Waals surface area contributed by atoms with E-state index in [1.807, 2.05) is 0 Å². The topological polar surface area (TPSA) is 96.5 Å². The highest BCUT2D eigenvalue weighted by Crippen LogP contribution is 2.34. The van der Waals surface area contributed by atoms with E-state index in [9.17, 15) is 9.59 Å². The number of carbonyl (C=O) groups is 2. The molecule has 0 unspecified atom stereocenters. The van der Waals surface area contributed by atoms with Crippen molar-refractivity contribution in [1.82, 2.24) is 5.01 Å². The van der Waals surface area contributed by atoms with E-state index in [1.54, 1.807) is 19.1 Å². The van der Waals surface area contributed by atoms with Gasteiger partial charge in [-0.2, -0.15) is 0 Å². The quantitative estimate of drug-likeness (QED) is 0.188. The fourth-order valence-corrected chi connectivity index (χ4v) is 3.17. The second kappa shape index (κ2) is 8.47. The van der Waals surface area contributed by atoms with Crippen LogP contribution in [0.25, 0.3) is 0 Å². The van der Waals surface area contributed by atoms with Crippen LogP contribution in [0, 0.1) is 12.3 Å². The summed E-state index contributed by atoms with van der Waals surface area (Å²) in [6, 6.07) is 3.12. The van der Waals surface area contributed by atoms with Crippen LogP contribution in [0.5, 0.6) is 5.75 Å². The first-order chi connectivity index (χ1) is 11.9. The number of rotatable bonds is 7. The average Bonchev–Trinajstić information content (AvgIpc) is 2.57. The van der Waals surface area contributed by atoms with Crippen LogP contribution in [-0.4, -0.2) is 36.1 Å². The number of ether oxygens (including phenoxy) is 1. The lowest BCUT2D eigenvalue weighted by Crippen LogP contribution is -2.33. The van der Waals surface area contributed by atoms with E-state index in [0.29, 0.717) is 46.2 Å². The van der Waals surface area contributed by atoms with Gasteiger partial charge in [0, 0.05) is 22.6 Å². The second-order valence-electron chi connectivity index (χ2n) is 5.65. The molecule has 1 aliphatic rings. The molecule has 0 aromatic heterocycles. The predicted octanol–water partition coefficient (Wildman–Crippen LogP) is 3.24. The van der Waals surface area contributed by atoms with Crippen molar-refractivity contribution in [3.63, 3.8) is 0 Å². The molecule has 1 aromatic carbocycles. The maximum atomic E-state index is 12.8. The van der Waals surface area contributed by atoms with Crippen LogP contribution in [0.4, 0.5) is 0 Å². The molecular weight excluding hydrogens is 365 g/mol. The summed E-state index contributed by atoms with van der Waals surface area (Å²) in [4.78, 5) is 24.9. The maximum absolute atomic E-state index is 12.8. The van der Waals surface area contributed by atoms with Gasteiger partial charge in [-0.25, -0.2) is 5.84 Å². The van der Waals surface area contributed by atoms with Crippen LogP contribution in [0.15, 0.2) is 22.7 Å². The van der Waals surface area contributed by atoms with Gasteiger partial charge in [-0.15, -0.1) is 0 Å². The lowest BCUT2D eigenvalue weighted by atomic mass is 9.90. The average molecular weight is 384 g/mol. The van der Waals surface area contributed by atoms with E-state index in [2.05, 4.69) is 0 Å². The van der Waals surface area contributed by atoms with E-state index in [4.69, 9.17) is 39.2 Å². The highest BCUT2D eigenvalue weighted by Gasteiger charge is 2.28. The van der Waals surface area contributed by atoms with Crippen molar-refractivity contribution in [2.24, 2.45) is 5.84 Å². The van der Waals surface area contributed by atoms with Crippen molar-refractivity contribution >= 4 is 41.1 Å². The van der Waals surface area contributed by atoms with Crippen LogP contribution >= 0.6 is 23.2 Å². The molecule has 0 atom stereocenters. The number of nitrogens with two attached hydrogens (primary N) is 1. The van der Waals surface area contributed by atoms with Crippen molar-refractivity contribution in [1.29, 1.82) is 5.41 Å². The lowest BCUT2D eigenvalue weighted by molar-refractivity contribution is -0.115. The third kappa shape index (κ3) is 4.39. The van der Waals surface area contributed by atoms with Crippen LogP contribution in [0.2, 0.25) is 5.02 Å². The standard InChI is InChI=1S/C17H19Cl2N3O3/c1-10-11(16(24)15-12(18)3-2-4-14(15)23)5-6-13(19)17(10)25-8-7-22(21)9-20/h5-6,9,20H,2-4,7-8,21H2,1H3. The second-order valence-corrected chi connectivity index (χ2v) is 6.51. The van der Waals surface area contributed by atoms with Crippen molar-refractivity contribution in [2.75, 3.05) is 13.2 Å². The number of hydrazine groups is 1. The number of benzene rings is 1. The summed E-state index contributed by atoms with van der Waals surface area (Å²) in [5.41, 5.74) is 0.923. The number of allylic oxidation sites excluding steroid dienone is 2. The van der Waals surface area contributed by atoms with Gasteiger partial charge in [0.2, 0.25) is 0 Å². The minimum atomic E-state index is -0.409. The van der Waals surface area contributed by atoms with Gasteiger partial charge in [-0.1, -0.05) is 23.2 Å². The zero-order valence-corrected chi connectivity index (χ0v) is 15.3. The van der Waals surface area contributed by atoms with Gasteiger partial charge in [-0.3, -0.25) is 20.0 Å². The Labute approximate surface area is 156 Å². The molecule has 0 aliphatic heterocycles. The molecular formula is C17H19Cl2N3O3. The monoisotopic (exact) mass is 383 g/mol. The molecule has 0 bridgehead atoms. The van der Waals surface area contributed by atoms with E-state index in [0.717, 1.165) is 11.3 Å². The van der Waals surface area contributed by atoms with Gasteiger partial charge >= 0.3 is 0 Å².